The molecule has 24 heavy (non-hydrogen) atoms. The molecule has 1 saturated carbocycles. The van der Waals surface area contributed by atoms with Gasteiger partial charge >= 0.3 is 0 Å². The van der Waals surface area contributed by atoms with Gasteiger partial charge in [-0.15, -0.1) is 11.3 Å². The molecule has 1 aromatic rings. The highest BCUT2D eigenvalue weighted by molar-refractivity contribution is 7.11. The second-order valence-corrected chi connectivity index (χ2v) is 7.15. The minimum Gasteiger partial charge on any atom is -0.351 e. The van der Waals surface area contributed by atoms with Gasteiger partial charge in [-0.1, -0.05) is 20.3 Å². The van der Waals surface area contributed by atoms with Crippen molar-refractivity contribution >= 4 is 23.2 Å². The topological polar surface area (TPSA) is 71.1 Å². The minimum absolute atomic E-state index is 0.178. The average Bonchev–Trinajstić information content (AvgIpc) is 3.07. The summed E-state index contributed by atoms with van der Waals surface area (Å²) in [5, 5.41) is 5.59. The maximum absolute atomic E-state index is 14.6. The Balaban J connectivity index is 1.88. The molecule has 1 aromatic heterocycles. The smallest absolute Gasteiger partial charge is 0.263 e. The summed E-state index contributed by atoms with van der Waals surface area (Å²) in [7, 11) is 0. The zero-order valence-corrected chi connectivity index (χ0v) is 15.2. The Morgan fingerprint density at radius 2 is 2.04 bits per heavy atom. The van der Waals surface area contributed by atoms with E-state index in [0.717, 1.165) is 25.0 Å². The molecule has 2 rings (SSSR count). The number of hydrogen-bond acceptors (Lipinski definition) is 4. The largest absolute Gasteiger partial charge is 0.351 e. The van der Waals surface area contributed by atoms with Crippen LogP contribution in [0, 0.1) is 0 Å². The maximum Gasteiger partial charge on any atom is 0.263 e. The summed E-state index contributed by atoms with van der Waals surface area (Å²) in [6, 6.07) is -0.222. The molecular formula is C17H26FN3O2S. The number of thiazole rings is 1. The van der Waals surface area contributed by atoms with Crippen molar-refractivity contribution in [2.75, 3.05) is 6.54 Å². The summed E-state index contributed by atoms with van der Waals surface area (Å²) in [6.07, 6.45) is 4.44. The first-order valence-electron chi connectivity index (χ1n) is 8.70. The Kier molecular flexibility index (Phi) is 6.71. The van der Waals surface area contributed by atoms with Crippen LogP contribution in [-0.2, 0) is 11.2 Å². The number of hydrogen-bond donors (Lipinski definition) is 2. The maximum atomic E-state index is 14.6. The molecule has 1 aliphatic rings. The molecule has 2 N–H and O–H groups in total. The van der Waals surface area contributed by atoms with Crippen molar-refractivity contribution in [3.8, 4) is 0 Å². The third kappa shape index (κ3) is 4.53. The van der Waals surface area contributed by atoms with Crippen molar-refractivity contribution in [3.05, 3.63) is 16.1 Å². The fourth-order valence-electron chi connectivity index (χ4n) is 2.97. The number of nitrogens with zero attached hydrogens (tertiary/aromatic N) is 1. The summed E-state index contributed by atoms with van der Waals surface area (Å²) < 4.78 is 14.6. The van der Waals surface area contributed by atoms with Gasteiger partial charge in [0.1, 0.15) is 4.88 Å². The Labute approximate surface area is 146 Å². The van der Waals surface area contributed by atoms with Crippen molar-refractivity contribution in [2.45, 2.75) is 70.5 Å². The Morgan fingerprint density at radius 1 is 1.33 bits per heavy atom. The molecule has 2 amide bonds. The number of rotatable bonds is 7. The highest BCUT2D eigenvalue weighted by atomic mass is 32.1. The number of carbonyl (C=O) groups excluding carboxylic acids is 2. The molecule has 134 valence electrons. The molecule has 0 bridgehead atoms. The monoisotopic (exact) mass is 355 g/mol. The van der Waals surface area contributed by atoms with Gasteiger partial charge in [0.25, 0.3) is 11.8 Å². The standard InChI is InChI=1S/C17H26FN3O2S/c1-3-12(21-15(22)14-13(4-2)20-11-24-14)10-19-16(23)17(18)8-6-5-7-9-17/h11-12H,3-10H2,1-2H3,(H,19,23)(H,21,22). The Hall–Kier alpha value is -1.50. The van der Waals surface area contributed by atoms with Crippen molar-refractivity contribution in [2.24, 2.45) is 0 Å². The predicted molar refractivity (Wildman–Crippen MR) is 93.0 cm³/mol. The van der Waals surface area contributed by atoms with Gasteiger partial charge in [-0.05, 0) is 38.5 Å². The van der Waals surface area contributed by atoms with Gasteiger partial charge in [0.15, 0.2) is 5.67 Å². The zero-order chi connectivity index (χ0) is 17.6. The lowest BCUT2D eigenvalue weighted by Gasteiger charge is -2.29. The lowest BCUT2D eigenvalue weighted by Crippen LogP contribution is -2.50. The van der Waals surface area contributed by atoms with Gasteiger partial charge in [0.2, 0.25) is 0 Å². The van der Waals surface area contributed by atoms with Crippen LogP contribution in [0.5, 0.6) is 0 Å². The molecular weight excluding hydrogens is 329 g/mol. The van der Waals surface area contributed by atoms with Crippen LogP contribution < -0.4 is 10.6 Å². The predicted octanol–water partition coefficient (Wildman–Crippen LogP) is 3.00. The van der Waals surface area contributed by atoms with Crippen LogP contribution in [-0.4, -0.2) is 35.1 Å². The average molecular weight is 355 g/mol. The third-order valence-electron chi connectivity index (χ3n) is 4.57. The SMILES string of the molecule is CCc1ncsc1C(=O)NC(CC)CNC(=O)C1(F)CCCCC1. The zero-order valence-electron chi connectivity index (χ0n) is 14.4. The van der Waals surface area contributed by atoms with Crippen molar-refractivity contribution in [3.63, 3.8) is 0 Å². The number of alkyl halides is 1. The fourth-order valence-corrected chi connectivity index (χ4v) is 3.75. The van der Waals surface area contributed by atoms with Crippen LogP contribution in [0.4, 0.5) is 4.39 Å². The van der Waals surface area contributed by atoms with Gasteiger partial charge in [-0.3, -0.25) is 9.59 Å². The number of halogens is 1. The van der Waals surface area contributed by atoms with Crippen LogP contribution in [0.25, 0.3) is 0 Å². The molecule has 1 unspecified atom stereocenters. The van der Waals surface area contributed by atoms with E-state index in [4.69, 9.17) is 0 Å². The second-order valence-electron chi connectivity index (χ2n) is 6.30. The molecule has 1 fully saturated rings. The first-order valence-corrected chi connectivity index (χ1v) is 9.58. The molecule has 1 aliphatic carbocycles. The fraction of sp³-hybridized carbons (Fsp3) is 0.706. The van der Waals surface area contributed by atoms with E-state index in [1.165, 1.54) is 11.3 Å². The van der Waals surface area contributed by atoms with Gasteiger partial charge in [-0.25, -0.2) is 9.37 Å². The second kappa shape index (κ2) is 8.55. The summed E-state index contributed by atoms with van der Waals surface area (Å²) in [5.74, 6) is -0.718. The van der Waals surface area contributed by atoms with E-state index in [-0.39, 0.29) is 18.5 Å². The lowest BCUT2D eigenvalue weighted by atomic mass is 9.85. The quantitative estimate of drug-likeness (QED) is 0.790. The van der Waals surface area contributed by atoms with E-state index in [1.54, 1.807) is 5.51 Å². The Morgan fingerprint density at radius 3 is 2.67 bits per heavy atom. The molecule has 0 saturated heterocycles. The molecule has 1 atom stereocenters. The summed E-state index contributed by atoms with van der Waals surface area (Å²) >= 11 is 1.31. The van der Waals surface area contributed by atoms with E-state index < -0.39 is 11.6 Å². The first-order chi connectivity index (χ1) is 11.5. The lowest BCUT2D eigenvalue weighted by molar-refractivity contribution is -0.135. The number of amides is 2. The highest BCUT2D eigenvalue weighted by Gasteiger charge is 2.39. The van der Waals surface area contributed by atoms with Crippen molar-refractivity contribution < 1.29 is 14.0 Å². The number of nitrogens with one attached hydrogen (secondary N) is 2. The van der Waals surface area contributed by atoms with Crippen LogP contribution in [0.1, 0.15) is 67.7 Å². The van der Waals surface area contributed by atoms with Crippen LogP contribution >= 0.6 is 11.3 Å². The number of aromatic nitrogens is 1. The Bertz CT molecular complexity index is 570. The van der Waals surface area contributed by atoms with E-state index in [1.807, 2.05) is 13.8 Å². The van der Waals surface area contributed by atoms with E-state index in [9.17, 15) is 14.0 Å². The molecule has 1 heterocycles. The van der Waals surface area contributed by atoms with Crippen LogP contribution in [0.15, 0.2) is 5.51 Å². The number of aryl methyl sites for hydroxylation is 1. The van der Waals surface area contributed by atoms with Crippen LogP contribution in [0.3, 0.4) is 0 Å². The molecule has 5 nitrogen and oxygen atoms in total. The van der Waals surface area contributed by atoms with Crippen molar-refractivity contribution in [1.29, 1.82) is 0 Å². The summed E-state index contributed by atoms with van der Waals surface area (Å²) in [4.78, 5) is 29.3. The highest BCUT2D eigenvalue weighted by Crippen LogP contribution is 2.31. The molecule has 0 aromatic carbocycles. The van der Waals surface area contributed by atoms with E-state index in [2.05, 4.69) is 15.6 Å². The normalized spacial score (nSPS) is 18.0. The molecule has 0 radical (unpaired) electrons. The summed E-state index contributed by atoms with van der Waals surface area (Å²) in [6.45, 7) is 4.12. The molecule has 0 aliphatic heterocycles. The van der Waals surface area contributed by atoms with Crippen LogP contribution in [0.2, 0.25) is 0 Å². The summed E-state index contributed by atoms with van der Waals surface area (Å²) in [5.41, 5.74) is 0.696. The van der Waals surface area contributed by atoms with Gasteiger partial charge in [0, 0.05) is 12.6 Å². The third-order valence-corrected chi connectivity index (χ3v) is 5.44. The molecule has 0 spiro atoms. The molecule has 7 heteroatoms. The van der Waals surface area contributed by atoms with Gasteiger partial charge < -0.3 is 10.6 Å². The number of carbonyl (C=O) groups is 2. The van der Waals surface area contributed by atoms with Crippen molar-refractivity contribution in [1.82, 2.24) is 15.6 Å². The van der Waals surface area contributed by atoms with Gasteiger partial charge in [0.05, 0.1) is 11.2 Å². The first kappa shape index (κ1) is 18.8. The van der Waals surface area contributed by atoms with E-state index >= 15 is 0 Å². The van der Waals surface area contributed by atoms with E-state index in [0.29, 0.717) is 30.6 Å². The minimum atomic E-state index is -1.74. The van der Waals surface area contributed by atoms with Gasteiger partial charge in [-0.2, -0.15) is 0 Å².